The van der Waals surface area contributed by atoms with Gasteiger partial charge in [-0.05, 0) is 66.6 Å². The molecule has 0 saturated heterocycles. The first-order valence-electron chi connectivity index (χ1n) is 11.2. The van der Waals surface area contributed by atoms with Gasteiger partial charge in [0.1, 0.15) is 11.3 Å². The number of amides is 1. The third-order valence-electron chi connectivity index (χ3n) is 6.19. The quantitative estimate of drug-likeness (QED) is 0.406. The topological polar surface area (TPSA) is 108 Å². The van der Waals surface area contributed by atoms with E-state index in [1.807, 2.05) is 24.3 Å². The number of fused-ring (bicyclic) bond motifs is 2. The molecule has 0 aliphatic heterocycles. The van der Waals surface area contributed by atoms with Crippen LogP contribution >= 0.6 is 0 Å². The fourth-order valence-electron chi connectivity index (χ4n) is 4.13. The van der Waals surface area contributed by atoms with Gasteiger partial charge in [-0.2, -0.15) is 0 Å². The van der Waals surface area contributed by atoms with Crippen molar-refractivity contribution in [2.24, 2.45) is 5.92 Å². The number of carbonyl (C=O) groups excluding carboxylic acids is 1. The van der Waals surface area contributed by atoms with Crippen LogP contribution in [0.4, 0.5) is 0 Å². The zero-order valence-corrected chi connectivity index (χ0v) is 18.1. The molecule has 0 radical (unpaired) electrons. The molecule has 1 aliphatic carbocycles. The average molecular weight is 444 g/mol. The Balaban J connectivity index is 1.30. The second kappa shape index (κ2) is 8.99. The number of rotatable bonds is 7. The first kappa shape index (κ1) is 21.1. The molecule has 0 spiro atoms. The Bertz CT molecular complexity index is 1450. The van der Waals surface area contributed by atoms with Crippen LogP contribution in [0.3, 0.4) is 0 Å². The van der Waals surface area contributed by atoms with Gasteiger partial charge in [-0.1, -0.05) is 18.6 Å². The molecular formula is C25H25N5O3. The summed E-state index contributed by atoms with van der Waals surface area (Å²) in [5, 5.41) is 7.67. The Morgan fingerprint density at radius 2 is 1.97 bits per heavy atom. The molecule has 0 bridgehead atoms. The van der Waals surface area contributed by atoms with Gasteiger partial charge in [0.25, 0.3) is 17.0 Å². The summed E-state index contributed by atoms with van der Waals surface area (Å²) < 4.78 is 1.37. The lowest BCUT2D eigenvalue weighted by Gasteiger charge is -2.25. The monoisotopic (exact) mass is 443 g/mol. The second-order valence-corrected chi connectivity index (χ2v) is 8.56. The van der Waals surface area contributed by atoms with Gasteiger partial charge >= 0.3 is 0 Å². The molecule has 33 heavy (non-hydrogen) atoms. The van der Waals surface area contributed by atoms with Crippen LogP contribution in [0.15, 0.2) is 64.3 Å². The lowest BCUT2D eigenvalue weighted by molar-refractivity contribution is 0.0945. The summed E-state index contributed by atoms with van der Waals surface area (Å²) >= 11 is 0. The SMILES string of the molecule is O=C(NCc1cc2cc(CNCC3CCC3)ccc2c(=O)[nH]1)c1cc(=O)n2ccccc2n1. The summed E-state index contributed by atoms with van der Waals surface area (Å²) in [7, 11) is 0. The van der Waals surface area contributed by atoms with Crippen molar-refractivity contribution < 1.29 is 4.79 Å². The van der Waals surface area contributed by atoms with Gasteiger partial charge in [0.15, 0.2) is 0 Å². The fraction of sp³-hybridized carbons (Fsp3) is 0.280. The Labute approximate surface area is 189 Å². The molecule has 4 aromatic rings. The molecule has 168 valence electrons. The first-order valence-corrected chi connectivity index (χ1v) is 11.2. The van der Waals surface area contributed by atoms with Gasteiger partial charge in [-0.25, -0.2) is 4.98 Å². The predicted octanol–water partition coefficient (Wildman–Crippen LogP) is 2.36. The van der Waals surface area contributed by atoms with E-state index in [0.29, 0.717) is 16.7 Å². The van der Waals surface area contributed by atoms with E-state index in [0.717, 1.165) is 30.0 Å². The minimum atomic E-state index is -0.478. The maximum absolute atomic E-state index is 12.6. The second-order valence-electron chi connectivity index (χ2n) is 8.56. The van der Waals surface area contributed by atoms with E-state index >= 15 is 0 Å². The van der Waals surface area contributed by atoms with Crippen molar-refractivity contribution in [2.45, 2.75) is 32.4 Å². The molecule has 3 aromatic heterocycles. The summed E-state index contributed by atoms with van der Waals surface area (Å²) in [6.45, 7) is 1.90. The predicted molar refractivity (Wildman–Crippen MR) is 126 cm³/mol. The van der Waals surface area contributed by atoms with Gasteiger partial charge < -0.3 is 15.6 Å². The Kier molecular flexibility index (Phi) is 5.75. The van der Waals surface area contributed by atoms with Crippen LogP contribution < -0.4 is 21.8 Å². The Morgan fingerprint density at radius 3 is 2.79 bits per heavy atom. The fourth-order valence-corrected chi connectivity index (χ4v) is 4.13. The summed E-state index contributed by atoms with van der Waals surface area (Å²) in [6, 6.07) is 14.0. The molecule has 0 atom stereocenters. The van der Waals surface area contributed by atoms with Crippen LogP contribution in [0.5, 0.6) is 0 Å². The van der Waals surface area contributed by atoms with Crippen molar-refractivity contribution in [3.05, 3.63) is 92.4 Å². The van der Waals surface area contributed by atoms with Gasteiger partial charge in [0.05, 0.1) is 6.54 Å². The highest BCUT2D eigenvalue weighted by atomic mass is 16.2. The van der Waals surface area contributed by atoms with Crippen molar-refractivity contribution >= 4 is 22.3 Å². The van der Waals surface area contributed by atoms with Crippen molar-refractivity contribution in [1.82, 2.24) is 25.0 Å². The number of benzene rings is 1. The maximum atomic E-state index is 12.6. The zero-order chi connectivity index (χ0) is 22.8. The minimum absolute atomic E-state index is 0.0363. The lowest BCUT2D eigenvalue weighted by Crippen LogP contribution is -2.28. The highest BCUT2D eigenvalue weighted by Gasteiger charge is 2.16. The number of aromatic nitrogens is 3. The summed E-state index contributed by atoms with van der Waals surface area (Å²) in [6.07, 6.45) is 5.54. The number of carbonyl (C=O) groups is 1. The average Bonchev–Trinajstić information content (AvgIpc) is 2.79. The summed E-state index contributed by atoms with van der Waals surface area (Å²) in [4.78, 5) is 44.4. The molecule has 5 rings (SSSR count). The normalized spacial score (nSPS) is 13.8. The van der Waals surface area contributed by atoms with Gasteiger partial charge in [-0.15, -0.1) is 0 Å². The number of hydrogen-bond acceptors (Lipinski definition) is 5. The highest BCUT2D eigenvalue weighted by Crippen LogP contribution is 2.25. The number of nitrogens with zero attached hydrogens (tertiary/aromatic N) is 2. The van der Waals surface area contributed by atoms with Crippen molar-refractivity contribution in [1.29, 1.82) is 0 Å². The van der Waals surface area contributed by atoms with Crippen LogP contribution in [0, 0.1) is 5.92 Å². The molecule has 1 aliphatic rings. The van der Waals surface area contributed by atoms with Gasteiger partial charge in [-0.3, -0.25) is 18.8 Å². The molecule has 1 fully saturated rings. The summed E-state index contributed by atoms with van der Waals surface area (Å²) in [5.74, 6) is 0.310. The number of hydrogen-bond donors (Lipinski definition) is 3. The first-order chi connectivity index (χ1) is 16.1. The molecule has 0 unspecified atom stereocenters. The molecule has 8 nitrogen and oxygen atoms in total. The number of aromatic amines is 1. The largest absolute Gasteiger partial charge is 0.345 e. The maximum Gasteiger partial charge on any atom is 0.270 e. The van der Waals surface area contributed by atoms with E-state index in [1.54, 1.807) is 24.4 Å². The number of H-pyrrole nitrogens is 1. The number of pyridine rings is 2. The van der Waals surface area contributed by atoms with Crippen LogP contribution in [0.25, 0.3) is 16.4 Å². The molecule has 8 heteroatoms. The standard InChI is InChI=1S/C25H25N5O3/c31-23-12-21(29-22-6-1-2-9-30(22)23)25(33)27-15-19-11-18-10-17(7-8-20(18)24(32)28-19)14-26-13-16-4-3-5-16/h1-2,6-12,16,26H,3-5,13-15H2,(H,27,33)(H,28,32). The third-order valence-corrected chi connectivity index (χ3v) is 6.19. The van der Waals surface area contributed by atoms with Crippen LogP contribution in [0.2, 0.25) is 0 Å². The lowest BCUT2D eigenvalue weighted by atomic mass is 9.85. The molecule has 1 aromatic carbocycles. The van der Waals surface area contributed by atoms with E-state index < -0.39 is 5.91 Å². The van der Waals surface area contributed by atoms with Crippen LogP contribution in [-0.2, 0) is 13.1 Å². The summed E-state index contributed by atoms with van der Waals surface area (Å²) in [5.41, 5.74) is 1.60. The van der Waals surface area contributed by atoms with E-state index in [2.05, 4.69) is 20.6 Å². The van der Waals surface area contributed by atoms with E-state index in [-0.39, 0.29) is 23.4 Å². The Morgan fingerprint density at radius 1 is 1.09 bits per heavy atom. The molecule has 3 N–H and O–H groups in total. The van der Waals surface area contributed by atoms with E-state index in [9.17, 15) is 14.4 Å². The van der Waals surface area contributed by atoms with Crippen molar-refractivity contribution in [3.8, 4) is 0 Å². The van der Waals surface area contributed by atoms with Crippen molar-refractivity contribution in [2.75, 3.05) is 6.54 Å². The van der Waals surface area contributed by atoms with Gasteiger partial charge in [0, 0.05) is 29.9 Å². The Hall–Kier alpha value is -3.78. The molecule has 1 amide bonds. The smallest absolute Gasteiger partial charge is 0.270 e. The third kappa shape index (κ3) is 4.56. The molecule has 3 heterocycles. The molecular weight excluding hydrogens is 418 g/mol. The van der Waals surface area contributed by atoms with Crippen molar-refractivity contribution in [3.63, 3.8) is 0 Å². The van der Waals surface area contributed by atoms with E-state index in [4.69, 9.17) is 0 Å². The zero-order valence-electron chi connectivity index (χ0n) is 18.1. The van der Waals surface area contributed by atoms with Crippen LogP contribution in [0.1, 0.15) is 41.0 Å². The molecule has 1 saturated carbocycles. The number of nitrogens with one attached hydrogen (secondary N) is 3. The highest BCUT2D eigenvalue weighted by molar-refractivity contribution is 5.92. The van der Waals surface area contributed by atoms with E-state index in [1.165, 1.54) is 29.7 Å². The minimum Gasteiger partial charge on any atom is -0.345 e. The van der Waals surface area contributed by atoms with Gasteiger partial charge in [0.2, 0.25) is 0 Å². The van der Waals surface area contributed by atoms with Crippen LogP contribution in [-0.4, -0.2) is 26.8 Å².